The number of hydrogen-bond donors (Lipinski definition) is 1. The molecule has 2 amide bonds. The van der Waals surface area contributed by atoms with Gasteiger partial charge in [-0.2, -0.15) is 0 Å². The van der Waals surface area contributed by atoms with E-state index in [1.807, 2.05) is 12.1 Å². The summed E-state index contributed by atoms with van der Waals surface area (Å²) >= 11 is 0. The van der Waals surface area contributed by atoms with Gasteiger partial charge in [-0.1, -0.05) is 12.1 Å². The quantitative estimate of drug-likeness (QED) is 0.346. The molecule has 0 spiro atoms. The number of likely N-dealkylation sites (tertiary alicyclic amines) is 1. The van der Waals surface area contributed by atoms with Gasteiger partial charge in [-0.25, -0.2) is 18.0 Å². The highest BCUT2D eigenvalue weighted by Crippen LogP contribution is 2.30. The minimum Gasteiger partial charge on any atom is -0.465 e. The lowest BCUT2D eigenvalue weighted by molar-refractivity contribution is -0.131. The fraction of sp³-hybridized carbons (Fsp3) is 0.276. The second kappa shape index (κ2) is 11.5. The van der Waals surface area contributed by atoms with Gasteiger partial charge in [0.2, 0.25) is 5.91 Å². The molecule has 3 aromatic rings. The number of aryl methyl sites for hydroxylation is 1. The van der Waals surface area contributed by atoms with Gasteiger partial charge in [-0.05, 0) is 79.3 Å². The lowest BCUT2D eigenvalue weighted by atomic mass is 9.89. The van der Waals surface area contributed by atoms with Gasteiger partial charge < -0.3 is 15.0 Å². The number of amides is 2. The summed E-state index contributed by atoms with van der Waals surface area (Å²) in [6.07, 6.45) is 0.800. The highest BCUT2D eigenvalue weighted by molar-refractivity contribution is 6.06. The molecule has 198 valence electrons. The van der Waals surface area contributed by atoms with E-state index in [0.29, 0.717) is 54.4 Å². The molecule has 0 radical (unpaired) electrons. The van der Waals surface area contributed by atoms with Crippen molar-refractivity contribution in [2.24, 2.45) is 0 Å². The number of hydrogen-bond acceptors (Lipinski definition) is 4. The van der Waals surface area contributed by atoms with Crippen LogP contribution in [0.4, 0.5) is 18.9 Å². The van der Waals surface area contributed by atoms with Crippen molar-refractivity contribution in [2.45, 2.75) is 32.1 Å². The Balaban J connectivity index is 1.33. The molecule has 0 bridgehead atoms. The van der Waals surface area contributed by atoms with E-state index in [1.165, 1.54) is 7.11 Å². The van der Waals surface area contributed by atoms with Crippen molar-refractivity contribution < 1.29 is 32.3 Å². The van der Waals surface area contributed by atoms with E-state index in [1.54, 1.807) is 42.2 Å². The second-order valence-corrected chi connectivity index (χ2v) is 9.25. The number of carbonyl (C=O) groups excluding carboxylic acids is 3. The molecule has 4 rings (SSSR count). The van der Waals surface area contributed by atoms with Crippen LogP contribution in [0.2, 0.25) is 0 Å². The van der Waals surface area contributed by atoms with Gasteiger partial charge in [-0.3, -0.25) is 9.59 Å². The summed E-state index contributed by atoms with van der Waals surface area (Å²) in [6, 6.07) is 13.7. The third-order valence-electron chi connectivity index (χ3n) is 6.85. The molecular formula is C29H27F3N2O4. The van der Waals surface area contributed by atoms with Crippen LogP contribution in [0.3, 0.4) is 0 Å². The van der Waals surface area contributed by atoms with E-state index < -0.39 is 41.3 Å². The Morgan fingerprint density at radius 1 is 0.947 bits per heavy atom. The number of benzene rings is 3. The lowest BCUT2D eigenvalue weighted by Crippen LogP contribution is -2.39. The summed E-state index contributed by atoms with van der Waals surface area (Å²) in [4.78, 5) is 38.5. The largest absolute Gasteiger partial charge is 0.465 e. The summed E-state index contributed by atoms with van der Waals surface area (Å²) in [5.74, 6) is -4.48. The Hall–Kier alpha value is -4.14. The first-order valence-electron chi connectivity index (χ1n) is 12.2. The molecule has 1 saturated heterocycles. The maximum atomic E-state index is 13.9. The molecule has 0 aromatic heterocycles. The summed E-state index contributed by atoms with van der Waals surface area (Å²) in [5.41, 5.74) is 2.57. The van der Waals surface area contributed by atoms with Crippen LogP contribution < -0.4 is 5.32 Å². The van der Waals surface area contributed by atoms with Crippen molar-refractivity contribution in [1.29, 1.82) is 0 Å². The molecule has 1 aliphatic rings. The Labute approximate surface area is 218 Å². The highest BCUT2D eigenvalue weighted by atomic mass is 19.2. The van der Waals surface area contributed by atoms with Gasteiger partial charge in [0.1, 0.15) is 5.82 Å². The SMILES string of the molecule is COC(=O)c1ccc(C(=O)Nc2ccc(C3CCN(C(=O)Cc4c(F)ccc(F)c4F)CC3)cc2)c(C)c1. The lowest BCUT2D eigenvalue weighted by Gasteiger charge is -2.32. The molecule has 9 heteroatoms. The predicted octanol–water partition coefficient (Wildman–Crippen LogP) is 5.40. The Bertz CT molecular complexity index is 1370. The Morgan fingerprint density at radius 2 is 1.61 bits per heavy atom. The monoisotopic (exact) mass is 524 g/mol. The minimum atomic E-state index is -1.33. The minimum absolute atomic E-state index is 0.180. The summed E-state index contributed by atoms with van der Waals surface area (Å²) in [5, 5.41) is 2.85. The van der Waals surface area contributed by atoms with Crippen LogP contribution in [0.15, 0.2) is 54.6 Å². The number of piperidine rings is 1. The molecule has 1 N–H and O–H groups in total. The van der Waals surface area contributed by atoms with Crippen LogP contribution in [-0.2, 0) is 16.0 Å². The van der Waals surface area contributed by atoms with Crippen molar-refractivity contribution in [3.05, 3.63) is 99.9 Å². The first-order valence-corrected chi connectivity index (χ1v) is 12.2. The van der Waals surface area contributed by atoms with Crippen molar-refractivity contribution in [1.82, 2.24) is 4.90 Å². The van der Waals surface area contributed by atoms with Crippen molar-refractivity contribution >= 4 is 23.5 Å². The van der Waals surface area contributed by atoms with E-state index in [-0.39, 0.29) is 11.8 Å². The van der Waals surface area contributed by atoms with Crippen LogP contribution in [-0.4, -0.2) is 42.9 Å². The van der Waals surface area contributed by atoms with Gasteiger partial charge in [0, 0.05) is 29.9 Å². The van der Waals surface area contributed by atoms with Crippen LogP contribution in [0, 0.1) is 24.4 Å². The fourth-order valence-corrected chi connectivity index (χ4v) is 4.66. The molecule has 3 aromatic carbocycles. The normalized spacial score (nSPS) is 13.8. The van der Waals surface area contributed by atoms with Gasteiger partial charge >= 0.3 is 5.97 Å². The van der Waals surface area contributed by atoms with Crippen molar-refractivity contribution in [3.8, 4) is 0 Å². The average Bonchev–Trinajstić information content (AvgIpc) is 2.93. The average molecular weight is 525 g/mol. The zero-order valence-corrected chi connectivity index (χ0v) is 21.0. The number of ether oxygens (including phenoxy) is 1. The molecule has 1 fully saturated rings. The van der Waals surface area contributed by atoms with Gasteiger partial charge in [0.25, 0.3) is 5.91 Å². The molecule has 0 saturated carbocycles. The molecule has 0 aliphatic carbocycles. The van der Waals surface area contributed by atoms with Gasteiger partial charge in [0.15, 0.2) is 11.6 Å². The van der Waals surface area contributed by atoms with Gasteiger partial charge in [0.05, 0.1) is 19.1 Å². The Kier molecular flexibility index (Phi) is 8.14. The zero-order chi connectivity index (χ0) is 27.4. The molecule has 1 aliphatic heterocycles. The molecule has 0 unspecified atom stereocenters. The van der Waals surface area contributed by atoms with Crippen molar-refractivity contribution in [3.63, 3.8) is 0 Å². The van der Waals surface area contributed by atoms with Crippen LogP contribution in [0.25, 0.3) is 0 Å². The number of halogens is 3. The summed E-state index contributed by atoms with van der Waals surface area (Å²) < 4.78 is 46.0. The Morgan fingerprint density at radius 3 is 2.24 bits per heavy atom. The number of rotatable bonds is 6. The number of anilines is 1. The second-order valence-electron chi connectivity index (χ2n) is 9.25. The first kappa shape index (κ1) is 26.9. The van der Waals surface area contributed by atoms with Crippen LogP contribution >= 0.6 is 0 Å². The third kappa shape index (κ3) is 5.88. The highest BCUT2D eigenvalue weighted by Gasteiger charge is 2.26. The van der Waals surface area contributed by atoms with E-state index in [4.69, 9.17) is 4.74 Å². The fourth-order valence-electron chi connectivity index (χ4n) is 4.66. The number of nitrogens with zero attached hydrogens (tertiary/aromatic N) is 1. The number of carbonyl (C=O) groups is 3. The smallest absolute Gasteiger partial charge is 0.337 e. The molecule has 38 heavy (non-hydrogen) atoms. The number of esters is 1. The van der Waals surface area contributed by atoms with Crippen LogP contribution in [0.1, 0.15) is 56.2 Å². The molecule has 0 atom stereocenters. The van der Waals surface area contributed by atoms with E-state index in [2.05, 4.69) is 5.32 Å². The van der Waals surface area contributed by atoms with Crippen molar-refractivity contribution in [2.75, 3.05) is 25.5 Å². The predicted molar refractivity (Wildman–Crippen MR) is 135 cm³/mol. The summed E-state index contributed by atoms with van der Waals surface area (Å²) in [7, 11) is 1.30. The summed E-state index contributed by atoms with van der Waals surface area (Å²) in [6.45, 7) is 2.58. The van der Waals surface area contributed by atoms with E-state index in [0.717, 1.165) is 11.6 Å². The molecule has 6 nitrogen and oxygen atoms in total. The maximum absolute atomic E-state index is 13.9. The third-order valence-corrected chi connectivity index (χ3v) is 6.85. The van der Waals surface area contributed by atoms with Crippen LogP contribution in [0.5, 0.6) is 0 Å². The topological polar surface area (TPSA) is 75.7 Å². The number of nitrogens with one attached hydrogen (secondary N) is 1. The standard InChI is InChI=1S/C29H27F3N2O4/c1-17-15-20(29(37)38-2)5-8-22(17)28(36)33-21-6-3-18(4-7-21)19-11-13-34(14-12-19)26(35)16-23-24(30)9-10-25(31)27(23)32/h3-10,15,19H,11-14,16H2,1-2H3,(H,33,36). The maximum Gasteiger partial charge on any atom is 0.337 e. The molecule has 1 heterocycles. The van der Waals surface area contributed by atoms with E-state index >= 15 is 0 Å². The first-order chi connectivity index (χ1) is 18.2. The van der Waals surface area contributed by atoms with Gasteiger partial charge in [-0.15, -0.1) is 0 Å². The molecular weight excluding hydrogens is 497 g/mol. The van der Waals surface area contributed by atoms with E-state index in [9.17, 15) is 27.6 Å². The zero-order valence-electron chi connectivity index (χ0n) is 21.0. The number of methoxy groups -OCH3 is 1.